The molecule has 5 heteroatoms. The van der Waals surface area contributed by atoms with Gasteiger partial charge in [-0.25, -0.2) is 0 Å². The summed E-state index contributed by atoms with van der Waals surface area (Å²) in [5.74, 6) is 0.559. The first-order valence-corrected chi connectivity index (χ1v) is 8.24. The van der Waals surface area contributed by atoms with E-state index < -0.39 is 0 Å². The van der Waals surface area contributed by atoms with E-state index in [2.05, 4.69) is 17.5 Å². The molecule has 4 rings (SSSR count). The molecule has 1 aliphatic carbocycles. The third-order valence-electron chi connectivity index (χ3n) is 4.68. The summed E-state index contributed by atoms with van der Waals surface area (Å²) in [6, 6.07) is 13.9. The first kappa shape index (κ1) is 15.3. The Morgan fingerprint density at radius 2 is 2.04 bits per heavy atom. The maximum absolute atomic E-state index is 12.9. The van der Waals surface area contributed by atoms with Crippen molar-refractivity contribution < 1.29 is 9.21 Å². The number of nitrogens with zero attached hydrogens (tertiary/aromatic N) is 2. The Balaban J connectivity index is 1.67. The molecule has 5 nitrogen and oxygen atoms in total. The second kappa shape index (κ2) is 5.99. The van der Waals surface area contributed by atoms with Gasteiger partial charge in [-0.1, -0.05) is 24.3 Å². The van der Waals surface area contributed by atoms with Gasteiger partial charge in [0.05, 0.1) is 6.04 Å². The number of aryl methyl sites for hydroxylation is 2. The molecule has 2 aromatic heterocycles. The van der Waals surface area contributed by atoms with Crippen LogP contribution in [0.4, 0.5) is 0 Å². The minimum Gasteiger partial charge on any atom is -0.443 e. The van der Waals surface area contributed by atoms with E-state index in [0.29, 0.717) is 17.2 Å². The molecule has 0 bridgehead atoms. The van der Waals surface area contributed by atoms with Crippen LogP contribution in [-0.2, 0) is 6.42 Å². The largest absolute Gasteiger partial charge is 0.443 e. The monoisotopic (exact) mass is 331 g/mol. The molecule has 0 saturated carbocycles. The maximum Gasteiger partial charge on any atom is 0.256 e. The van der Waals surface area contributed by atoms with Crippen molar-refractivity contribution >= 4 is 5.91 Å². The standard InChI is InChI=1S/C20H17N3O2/c1-13-18(16(12-21)20(25-13)23-10-4-5-11-23)19(24)22-17-9-8-14-6-2-3-7-15(14)17/h2-7,10-11,17H,8-9H2,1H3,(H,22,24)/t17-/m1/s1. The Kier molecular flexibility index (Phi) is 3.66. The summed E-state index contributed by atoms with van der Waals surface area (Å²) < 4.78 is 7.42. The van der Waals surface area contributed by atoms with Crippen molar-refractivity contribution in [2.45, 2.75) is 25.8 Å². The molecule has 124 valence electrons. The lowest BCUT2D eigenvalue weighted by Gasteiger charge is -2.14. The number of furan rings is 1. The Morgan fingerprint density at radius 3 is 2.80 bits per heavy atom. The number of hydrogen-bond donors (Lipinski definition) is 1. The summed E-state index contributed by atoms with van der Waals surface area (Å²) in [4.78, 5) is 12.9. The predicted octanol–water partition coefficient (Wildman–Crippen LogP) is 3.67. The highest BCUT2D eigenvalue weighted by Gasteiger charge is 2.29. The summed E-state index contributed by atoms with van der Waals surface area (Å²) in [6.07, 6.45) is 5.39. The van der Waals surface area contributed by atoms with E-state index in [-0.39, 0.29) is 17.5 Å². The van der Waals surface area contributed by atoms with Crippen LogP contribution in [-0.4, -0.2) is 10.5 Å². The fraction of sp³-hybridized carbons (Fsp3) is 0.200. The van der Waals surface area contributed by atoms with Crippen LogP contribution in [0.25, 0.3) is 5.88 Å². The SMILES string of the molecule is Cc1oc(-n2cccc2)c(C#N)c1C(=O)N[C@@H]1CCc2ccccc21. The quantitative estimate of drug-likeness (QED) is 0.796. The maximum atomic E-state index is 12.9. The second-order valence-corrected chi connectivity index (χ2v) is 6.18. The number of nitriles is 1. The minimum absolute atomic E-state index is 0.0282. The van der Waals surface area contributed by atoms with Crippen LogP contribution in [0.3, 0.4) is 0 Å². The molecule has 1 amide bonds. The van der Waals surface area contributed by atoms with Crippen molar-refractivity contribution in [1.82, 2.24) is 9.88 Å². The third kappa shape index (κ3) is 2.52. The molecule has 3 aromatic rings. The highest BCUT2D eigenvalue weighted by Crippen LogP contribution is 2.32. The van der Waals surface area contributed by atoms with Gasteiger partial charge < -0.3 is 9.73 Å². The molecule has 0 spiro atoms. The third-order valence-corrected chi connectivity index (χ3v) is 4.68. The molecule has 0 aliphatic heterocycles. The van der Waals surface area contributed by atoms with Crippen LogP contribution in [0.2, 0.25) is 0 Å². The Labute approximate surface area is 145 Å². The fourth-order valence-corrected chi connectivity index (χ4v) is 3.50. The van der Waals surface area contributed by atoms with Crippen LogP contribution in [0.1, 0.15) is 45.3 Å². The van der Waals surface area contributed by atoms with Crippen molar-refractivity contribution in [3.8, 4) is 12.0 Å². The average Bonchev–Trinajstić information content (AvgIpc) is 3.33. The number of carbonyl (C=O) groups excluding carboxylic acids is 1. The molecule has 1 aliphatic rings. The molecule has 1 N–H and O–H groups in total. The van der Waals surface area contributed by atoms with Gasteiger partial charge in [0.1, 0.15) is 23.0 Å². The van der Waals surface area contributed by atoms with Gasteiger partial charge in [-0.3, -0.25) is 9.36 Å². The number of rotatable bonds is 3. The van der Waals surface area contributed by atoms with E-state index in [1.54, 1.807) is 23.9 Å². The highest BCUT2D eigenvalue weighted by atomic mass is 16.4. The van der Waals surface area contributed by atoms with Crippen molar-refractivity contribution in [1.29, 1.82) is 5.26 Å². The second-order valence-electron chi connectivity index (χ2n) is 6.18. The molecule has 0 saturated heterocycles. The summed E-state index contributed by atoms with van der Waals surface area (Å²) >= 11 is 0. The van der Waals surface area contributed by atoms with Gasteiger partial charge in [-0.2, -0.15) is 5.26 Å². The van der Waals surface area contributed by atoms with Crippen molar-refractivity contribution in [3.05, 3.63) is 76.8 Å². The van der Waals surface area contributed by atoms with Crippen LogP contribution < -0.4 is 5.32 Å². The van der Waals surface area contributed by atoms with Gasteiger partial charge >= 0.3 is 0 Å². The summed E-state index contributed by atoms with van der Waals surface area (Å²) in [5, 5.41) is 12.6. The van der Waals surface area contributed by atoms with E-state index in [4.69, 9.17) is 4.42 Å². The van der Waals surface area contributed by atoms with Gasteiger partial charge in [-0.15, -0.1) is 0 Å². The van der Waals surface area contributed by atoms with Crippen molar-refractivity contribution in [2.75, 3.05) is 0 Å². The molecule has 25 heavy (non-hydrogen) atoms. The Hall–Kier alpha value is -3.26. The topological polar surface area (TPSA) is 71.0 Å². The van der Waals surface area contributed by atoms with Gasteiger partial charge in [0.25, 0.3) is 5.91 Å². The zero-order valence-corrected chi connectivity index (χ0v) is 13.8. The Morgan fingerprint density at radius 1 is 1.28 bits per heavy atom. The van der Waals surface area contributed by atoms with E-state index in [9.17, 15) is 10.1 Å². The lowest BCUT2D eigenvalue weighted by atomic mass is 10.1. The molecule has 2 heterocycles. The van der Waals surface area contributed by atoms with Gasteiger partial charge in [0.2, 0.25) is 5.88 Å². The zero-order valence-electron chi connectivity index (χ0n) is 13.8. The number of amides is 1. The summed E-state index contributed by atoms with van der Waals surface area (Å²) in [6.45, 7) is 1.71. The lowest BCUT2D eigenvalue weighted by Crippen LogP contribution is -2.28. The number of benzene rings is 1. The number of aromatic nitrogens is 1. The Bertz CT molecular complexity index is 977. The van der Waals surface area contributed by atoms with E-state index >= 15 is 0 Å². The van der Waals surface area contributed by atoms with Gasteiger partial charge in [0.15, 0.2) is 0 Å². The van der Waals surface area contributed by atoms with E-state index in [0.717, 1.165) is 18.4 Å². The van der Waals surface area contributed by atoms with Gasteiger partial charge in [0, 0.05) is 12.4 Å². The van der Waals surface area contributed by atoms with Crippen molar-refractivity contribution in [2.24, 2.45) is 0 Å². The number of fused-ring (bicyclic) bond motifs is 1. The molecular weight excluding hydrogens is 314 g/mol. The smallest absolute Gasteiger partial charge is 0.256 e. The molecule has 0 fully saturated rings. The van der Waals surface area contributed by atoms with Crippen LogP contribution in [0.5, 0.6) is 0 Å². The zero-order chi connectivity index (χ0) is 17.4. The average molecular weight is 331 g/mol. The lowest BCUT2D eigenvalue weighted by molar-refractivity contribution is 0.0935. The first-order valence-electron chi connectivity index (χ1n) is 8.24. The number of hydrogen-bond acceptors (Lipinski definition) is 3. The predicted molar refractivity (Wildman–Crippen MR) is 92.5 cm³/mol. The van der Waals surface area contributed by atoms with E-state index in [1.165, 1.54) is 5.56 Å². The molecular formula is C20H17N3O2. The van der Waals surface area contributed by atoms with Crippen molar-refractivity contribution in [3.63, 3.8) is 0 Å². The normalized spacial score (nSPS) is 15.6. The molecule has 0 unspecified atom stereocenters. The minimum atomic E-state index is -0.266. The molecule has 0 radical (unpaired) electrons. The van der Waals surface area contributed by atoms with E-state index in [1.807, 2.05) is 30.3 Å². The van der Waals surface area contributed by atoms with Crippen LogP contribution in [0, 0.1) is 18.3 Å². The molecule has 1 atom stereocenters. The van der Waals surface area contributed by atoms with Gasteiger partial charge in [-0.05, 0) is 43.0 Å². The number of carbonyl (C=O) groups is 1. The summed E-state index contributed by atoms with van der Waals surface area (Å²) in [5.41, 5.74) is 3.00. The van der Waals surface area contributed by atoms with Crippen LogP contribution in [0.15, 0.2) is 53.2 Å². The fourth-order valence-electron chi connectivity index (χ4n) is 3.50. The highest BCUT2D eigenvalue weighted by molar-refractivity contribution is 5.98. The first-order chi connectivity index (χ1) is 12.2. The number of nitrogens with one attached hydrogen (secondary N) is 1. The summed E-state index contributed by atoms with van der Waals surface area (Å²) in [7, 11) is 0. The molecule has 1 aromatic carbocycles. The van der Waals surface area contributed by atoms with Crippen LogP contribution >= 0.6 is 0 Å².